The first-order chi connectivity index (χ1) is 9.79. The third-order valence-corrected chi connectivity index (χ3v) is 5.35. The first-order valence-corrected chi connectivity index (χ1v) is 7.94. The van der Waals surface area contributed by atoms with E-state index in [-0.39, 0.29) is 5.91 Å². The van der Waals surface area contributed by atoms with Gasteiger partial charge in [-0.1, -0.05) is 6.07 Å². The van der Waals surface area contributed by atoms with Gasteiger partial charge in [-0.25, -0.2) is 0 Å². The van der Waals surface area contributed by atoms with Crippen molar-refractivity contribution in [2.45, 2.75) is 18.9 Å². The molecule has 0 aliphatic carbocycles. The number of amides is 1. The van der Waals surface area contributed by atoms with Crippen molar-refractivity contribution in [1.82, 2.24) is 14.6 Å². The zero-order valence-corrected chi connectivity index (χ0v) is 12.0. The largest absolute Gasteiger partial charge is 0.348 e. The molecular formula is C15H17N3OS. The molecule has 3 aliphatic rings. The molecule has 3 aliphatic heterocycles. The van der Waals surface area contributed by atoms with Gasteiger partial charge in [0.15, 0.2) is 0 Å². The van der Waals surface area contributed by atoms with Crippen molar-refractivity contribution in [2.24, 2.45) is 5.92 Å². The van der Waals surface area contributed by atoms with Crippen molar-refractivity contribution >= 4 is 27.5 Å². The predicted molar refractivity (Wildman–Crippen MR) is 80.0 cm³/mol. The zero-order chi connectivity index (χ0) is 13.5. The number of carbonyl (C=O) groups is 1. The van der Waals surface area contributed by atoms with E-state index >= 15 is 0 Å². The molecule has 1 atom stereocenters. The van der Waals surface area contributed by atoms with Crippen LogP contribution in [-0.2, 0) is 0 Å². The Hall–Kier alpha value is -1.46. The van der Waals surface area contributed by atoms with Crippen molar-refractivity contribution in [1.29, 1.82) is 0 Å². The minimum absolute atomic E-state index is 0.0547. The average Bonchev–Trinajstić information content (AvgIpc) is 2.96. The first kappa shape index (κ1) is 12.3. The number of nitrogens with zero attached hydrogens (tertiary/aromatic N) is 2. The van der Waals surface area contributed by atoms with Gasteiger partial charge in [0, 0.05) is 29.7 Å². The number of piperidine rings is 3. The van der Waals surface area contributed by atoms with Gasteiger partial charge in [-0.3, -0.25) is 4.79 Å². The van der Waals surface area contributed by atoms with E-state index in [0.717, 1.165) is 22.2 Å². The summed E-state index contributed by atoms with van der Waals surface area (Å²) in [6.45, 7) is 3.41. The van der Waals surface area contributed by atoms with Crippen molar-refractivity contribution in [2.75, 3.05) is 19.6 Å². The number of hydrogen-bond donors (Lipinski definition) is 1. The maximum Gasteiger partial charge on any atom is 0.251 e. The van der Waals surface area contributed by atoms with Crippen molar-refractivity contribution in [3.63, 3.8) is 0 Å². The minimum Gasteiger partial charge on any atom is -0.348 e. The number of benzene rings is 1. The van der Waals surface area contributed by atoms with Crippen LogP contribution in [-0.4, -0.2) is 40.9 Å². The number of fused-ring (bicyclic) bond motifs is 4. The number of carbonyl (C=O) groups excluding carboxylic acids is 1. The molecule has 2 aromatic rings. The highest BCUT2D eigenvalue weighted by atomic mass is 32.1. The maximum absolute atomic E-state index is 12.4. The number of aromatic nitrogens is 1. The van der Waals surface area contributed by atoms with E-state index in [9.17, 15) is 4.79 Å². The Balaban J connectivity index is 1.52. The molecule has 1 aromatic carbocycles. The van der Waals surface area contributed by atoms with E-state index in [2.05, 4.69) is 14.6 Å². The Morgan fingerprint density at radius 1 is 1.35 bits per heavy atom. The summed E-state index contributed by atoms with van der Waals surface area (Å²) in [6.07, 6.45) is 4.28. The summed E-state index contributed by atoms with van der Waals surface area (Å²) in [6, 6.07) is 6.14. The Kier molecular flexibility index (Phi) is 2.97. The number of rotatable bonds is 2. The molecule has 0 saturated carbocycles. The lowest BCUT2D eigenvalue weighted by atomic mass is 9.84. The van der Waals surface area contributed by atoms with Gasteiger partial charge in [-0.2, -0.15) is 4.37 Å². The van der Waals surface area contributed by atoms with Crippen molar-refractivity contribution in [3.05, 3.63) is 30.0 Å². The quantitative estimate of drug-likeness (QED) is 0.920. The van der Waals surface area contributed by atoms with E-state index < -0.39 is 0 Å². The van der Waals surface area contributed by atoms with E-state index in [0.29, 0.717) is 12.0 Å². The third kappa shape index (κ3) is 2.11. The molecule has 3 fully saturated rings. The van der Waals surface area contributed by atoms with Gasteiger partial charge in [0.25, 0.3) is 5.91 Å². The highest BCUT2D eigenvalue weighted by Crippen LogP contribution is 2.28. The van der Waals surface area contributed by atoms with Crippen LogP contribution in [0.25, 0.3) is 10.1 Å². The van der Waals surface area contributed by atoms with Crippen LogP contribution in [0.15, 0.2) is 24.4 Å². The van der Waals surface area contributed by atoms with Gasteiger partial charge in [0.2, 0.25) is 0 Å². The fourth-order valence-corrected chi connectivity index (χ4v) is 4.07. The van der Waals surface area contributed by atoms with E-state index in [1.54, 1.807) is 0 Å². The molecule has 0 unspecified atom stereocenters. The van der Waals surface area contributed by atoms with Crippen LogP contribution in [0.4, 0.5) is 0 Å². The maximum atomic E-state index is 12.4. The standard InChI is InChI=1S/C15H17N3OS/c19-15(11-1-2-12-8-16-20-14(12)7-11)17-13-9-18-5-3-10(13)4-6-18/h1-2,7-8,10,13H,3-6,9H2,(H,17,19)/t13-/m0/s1. The Morgan fingerprint density at radius 3 is 2.95 bits per heavy atom. The molecule has 0 spiro atoms. The first-order valence-electron chi connectivity index (χ1n) is 7.17. The highest BCUT2D eigenvalue weighted by Gasteiger charge is 2.34. The van der Waals surface area contributed by atoms with E-state index in [1.807, 2.05) is 24.4 Å². The summed E-state index contributed by atoms with van der Waals surface area (Å²) in [4.78, 5) is 14.9. The van der Waals surface area contributed by atoms with Gasteiger partial charge >= 0.3 is 0 Å². The molecule has 4 nitrogen and oxygen atoms in total. The molecule has 3 saturated heterocycles. The van der Waals surface area contributed by atoms with Crippen LogP contribution in [0, 0.1) is 5.92 Å². The lowest BCUT2D eigenvalue weighted by molar-refractivity contribution is 0.0620. The molecule has 0 radical (unpaired) electrons. The summed E-state index contributed by atoms with van der Waals surface area (Å²) in [5.41, 5.74) is 0.748. The van der Waals surface area contributed by atoms with Crippen LogP contribution in [0.2, 0.25) is 0 Å². The minimum atomic E-state index is 0.0547. The monoisotopic (exact) mass is 287 g/mol. The normalized spacial score (nSPS) is 28.7. The summed E-state index contributed by atoms with van der Waals surface area (Å²) < 4.78 is 5.23. The average molecular weight is 287 g/mol. The smallest absolute Gasteiger partial charge is 0.251 e. The second kappa shape index (κ2) is 4.82. The molecule has 1 N–H and O–H groups in total. The Morgan fingerprint density at radius 2 is 2.20 bits per heavy atom. The van der Waals surface area contributed by atoms with Gasteiger partial charge in [0.1, 0.15) is 0 Å². The summed E-state index contributed by atoms with van der Waals surface area (Å²) >= 11 is 1.44. The van der Waals surface area contributed by atoms with Crippen LogP contribution >= 0.6 is 11.5 Å². The summed E-state index contributed by atoms with van der Waals surface area (Å²) in [7, 11) is 0. The van der Waals surface area contributed by atoms with Crippen LogP contribution < -0.4 is 5.32 Å². The SMILES string of the molecule is O=C(N[C@H]1CN2CCC1CC2)c1ccc2cnsc2c1. The van der Waals surface area contributed by atoms with Gasteiger partial charge in [-0.05, 0) is 55.5 Å². The lowest BCUT2D eigenvalue weighted by Gasteiger charge is -2.44. The summed E-state index contributed by atoms with van der Waals surface area (Å²) in [5, 5.41) is 4.33. The molecule has 5 heteroatoms. The Labute approximate surface area is 121 Å². The molecular weight excluding hydrogens is 270 g/mol. The second-order valence-electron chi connectivity index (χ2n) is 5.80. The number of hydrogen-bond acceptors (Lipinski definition) is 4. The second-order valence-corrected chi connectivity index (χ2v) is 6.63. The van der Waals surface area contributed by atoms with E-state index in [1.165, 1.54) is 37.5 Å². The highest BCUT2D eigenvalue weighted by molar-refractivity contribution is 7.13. The predicted octanol–water partition coefficient (Wildman–Crippen LogP) is 2.12. The van der Waals surface area contributed by atoms with Gasteiger partial charge in [-0.15, -0.1) is 0 Å². The van der Waals surface area contributed by atoms with Crippen molar-refractivity contribution in [3.8, 4) is 0 Å². The van der Waals surface area contributed by atoms with Crippen molar-refractivity contribution < 1.29 is 4.79 Å². The Bertz CT molecular complexity index is 645. The molecule has 104 valence electrons. The van der Waals surface area contributed by atoms with Crippen LogP contribution in [0.5, 0.6) is 0 Å². The van der Waals surface area contributed by atoms with Crippen LogP contribution in [0.3, 0.4) is 0 Å². The fraction of sp³-hybridized carbons (Fsp3) is 0.467. The van der Waals surface area contributed by atoms with E-state index in [4.69, 9.17) is 0 Å². The van der Waals surface area contributed by atoms with Crippen LogP contribution in [0.1, 0.15) is 23.2 Å². The fourth-order valence-electron chi connectivity index (χ4n) is 3.38. The lowest BCUT2D eigenvalue weighted by Crippen LogP contribution is -2.57. The molecule has 20 heavy (non-hydrogen) atoms. The zero-order valence-electron chi connectivity index (χ0n) is 11.2. The topological polar surface area (TPSA) is 45.2 Å². The van der Waals surface area contributed by atoms with Gasteiger partial charge < -0.3 is 10.2 Å². The number of nitrogens with one attached hydrogen (secondary N) is 1. The molecule has 5 rings (SSSR count). The molecule has 1 amide bonds. The third-order valence-electron chi connectivity index (χ3n) is 4.59. The van der Waals surface area contributed by atoms with Gasteiger partial charge in [0.05, 0.1) is 4.70 Å². The molecule has 1 aromatic heterocycles. The summed E-state index contributed by atoms with van der Waals surface area (Å²) in [5.74, 6) is 0.718. The molecule has 4 heterocycles. The molecule has 2 bridgehead atoms.